The molecule has 0 saturated heterocycles. The fourth-order valence-corrected chi connectivity index (χ4v) is 0. The molecule has 4 nitrogen and oxygen atoms in total. The molecule has 0 aromatic rings. The monoisotopic (exact) mass is 338 g/mol. The van der Waals surface area contributed by atoms with Gasteiger partial charge in [0.2, 0.25) is 0 Å². The first-order chi connectivity index (χ1) is 2.83. The van der Waals surface area contributed by atoms with Gasteiger partial charge in [0.25, 0.3) is 0 Å². The zero-order valence-electron chi connectivity index (χ0n) is 3.29. The van der Waals surface area contributed by atoms with Crippen molar-refractivity contribution in [3.63, 3.8) is 0 Å². The van der Waals surface area contributed by atoms with Gasteiger partial charge in [-0.1, -0.05) is 0 Å². The predicted octanol–water partition coefficient (Wildman–Crippen LogP) is -2.34. The van der Waals surface area contributed by atoms with Gasteiger partial charge in [-0.25, -0.2) is 0 Å². The normalized spacial score (nSPS) is 8.29. The molecule has 0 aliphatic heterocycles. The van der Waals surface area contributed by atoms with E-state index in [1.807, 2.05) is 0 Å². The smallest absolute Gasteiger partial charge is 0.804 e. The molecule has 7 heavy (non-hydrogen) atoms. The molecule has 0 aliphatic rings. The van der Waals surface area contributed by atoms with Crippen molar-refractivity contribution in [2.45, 2.75) is 0 Å². The van der Waals surface area contributed by atoms with Crippen molar-refractivity contribution in [1.29, 1.82) is 0 Å². The fourth-order valence-electron chi connectivity index (χ4n) is 0. The summed E-state index contributed by atoms with van der Waals surface area (Å²) in [5.41, 5.74) is 0. The Hall–Kier alpha value is 1.30. The Morgan fingerprint density at radius 3 is 1.00 bits per heavy atom. The Kier molecular flexibility index (Phi) is 59.8. The molecule has 0 bridgehead atoms. The van der Waals surface area contributed by atoms with Gasteiger partial charge in [0.05, 0.1) is 0 Å². The van der Waals surface area contributed by atoms with E-state index in [9.17, 15) is 0 Å². The van der Waals surface area contributed by atoms with Gasteiger partial charge in [-0.05, 0) is 17.4 Å². The van der Waals surface area contributed by atoms with Crippen LogP contribution in [-0.4, -0.2) is 27.3 Å². The van der Waals surface area contributed by atoms with E-state index in [1.54, 1.807) is 0 Å². The molecular weight excluding hydrogens is 333 g/mol. The molecule has 0 spiro atoms. The van der Waals surface area contributed by atoms with E-state index in [-0.39, 0.29) is 27.3 Å². The summed E-state index contributed by atoms with van der Waals surface area (Å²) in [5.74, 6) is 0. The minimum atomic E-state index is -1.75. The molecule has 42 valence electrons. The maximum atomic E-state index is 8.46. The van der Waals surface area contributed by atoms with Crippen LogP contribution < -0.4 is 9.79 Å². The van der Waals surface area contributed by atoms with Crippen LogP contribution in [-0.2, 0) is 9.13 Å². The Labute approximate surface area is 63.7 Å². The average Bonchev–Trinajstić information content (AvgIpc) is 1.39. The Morgan fingerprint density at radius 1 is 1.00 bits per heavy atom. The number of hydrogen-bond acceptors (Lipinski definition) is 4. The molecule has 7 heteroatoms. The summed E-state index contributed by atoms with van der Waals surface area (Å²) in [5, 5.41) is 0. The van der Waals surface area contributed by atoms with Gasteiger partial charge in [-0.3, -0.25) is 0 Å². The van der Waals surface area contributed by atoms with Crippen molar-refractivity contribution in [2.24, 2.45) is 0 Å². The van der Waals surface area contributed by atoms with Crippen molar-refractivity contribution in [2.75, 3.05) is 0 Å². The molecular formula is H4O4P2Pb. The zero-order valence-corrected chi connectivity index (χ0v) is 9.48. The fraction of sp³-hybridized carbons (Fsp3) is 0. The summed E-state index contributed by atoms with van der Waals surface area (Å²) < 4.78 is 16.9. The van der Waals surface area contributed by atoms with Crippen molar-refractivity contribution < 1.29 is 18.9 Å². The van der Waals surface area contributed by atoms with Crippen LogP contribution in [0.15, 0.2) is 0 Å². The molecule has 0 aromatic carbocycles. The summed E-state index contributed by atoms with van der Waals surface area (Å²) >= 11 is 0. The molecule has 0 saturated carbocycles. The van der Waals surface area contributed by atoms with E-state index < -0.39 is 17.4 Å². The summed E-state index contributed by atoms with van der Waals surface area (Å²) in [4.78, 5) is 16.9. The van der Waals surface area contributed by atoms with Crippen molar-refractivity contribution in [1.82, 2.24) is 0 Å². The SMILES string of the molecule is O=[PH2][O-].O=[PH2][O-].[Pb+2]. The first-order valence-corrected chi connectivity index (χ1v) is 2.83. The van der Waals surface area contributed by atoms with Crippen molar-refractivity contribution in [3.8, 4) is 0 Å². The Morgan fingerprint density at radius 2 is 1.00 bits per heavy atom. The topological polar surface area (TPSA) is 80.3 Å². The molecule has 0 amide bonds. The molecule has 0 N–H and O–H groups in total. The van der Waals surface area contributed by atoms with Gasteiger partial charge in [0, 0.05) is 0 Å². The minimum Gasteiger partial charge on any atom is -0.804 e. The van der Waals surface area contributed by atoms with Crippen LogP contribution in [0, 0.1) is 0 Å². The summed E-state index contributed by atoms with van der Waals surface area (Å²) in [6.07, 6.45) is 0. The van der Waals surface area contributed by atoms with Crippen LogP contribution in [0.2, 0.25) is 0 Å². The van der Waals surface area contributed by atoms with Crippen LogP contribution in [0.5, 0.6) is 0 Å². The van der Waals surface area contributed by atoms with Gasteiger partial charge in [0.1, 0.15) is 0 Å². The van der Waals surface area contributed by atoms with E-state index >= 15 is 0 Å². The minimum absolute atomic E-state index is 0. The first-order valence-electron chi connectivity index (χ1n) is 0.943. The van der Waals surface area contributed by atoms with Gasteiger partial charge in [-0.15, -0.1) is 0 Å². The van der Waals surface area contributed by atoms with E-state index in [0.29, 0.717) is 0 Å². The molecule has 2 atom stereocenters. The summed E-state index contributed by atoms with van der Waals surface area (Å²) in [7, 11) is -3.50. The van der Waals surface area contributed by atoms with Crippen LogP contribution in [0.25, 0.3) is 0 Å². The van der Waals surface area contributed by atoms with Crippen LogP contribution in [0.3, 0.4) is 0 Å². The second-order valence-electron chi connectivity index (χ2n) is 0.192. The molecule has 0 rings (SSSR count). The third-order valence-corrected chi connectivity index (χ3v) is 0. The Balaban J connectivity index is -0.0000000400. The van der Waals surface area contributed by atoms with E-state index in [2.05, 4.69) is 0 Å². The second kappa shape index (κ2) is 26.6. The van der Waals surface area contributed by atoms with Crippen LogP contribution in [0.1, 0.15) is 0 Å². The maximum absolute atomic E-state index is 8.46. The molecule has 0 heterocycles. The summed E-state index contributed by atoms with van der Waals surface area (Å²) in [6.45, 7) is 0. The Bertz CT molecular complexity index is 30.7. The van der Waals surface area contributed by atoms with Gasteiger partial charge >= 0.3 is 27.3 Å². The van der Waals surface area contributed by atoms with E-state index in [0.717, 1.165) is 0 Å². The van der Waals surface area contributed by atoms with E-state index in [1.165, 1.54) is 0 Å². The van der Waals surface area contributed by atoms with E-state index in [4.69, 9.17) is 18.9 Å². The third kappa shape index (κ3) is 121. The maximum Gasteiger partial charge on any atom is 2.00 e. The van der Waals surface area contributed by atoms with Crippen molar-refractivity contribution in [3.05, 3.63) is 0 Å². The van der Waals surface area contributed by atoms with Gasteiger partial charge < -0.3 is 18.9 Å². The number of hydrogen-bond donors (Lipinski definition) is 0. The molecule has 2 unspecified atom stereocenters. The van der Waals surface area contributed by atoms with Crippen molar-refractivity contribution >= 4 is 44.7 Å². The van der Waals surface area contributed by atoms with Gasteiger partial charge in [0.15, 0.2) is 0 Å². The standard InChI is InChI=1S/2H3O2P.Pb/c2*1-3-2;/h2*3H2,(H,1,2);/q;;+2/p-2. The summed E-state index contributed by atoms with van der Waals surface area (Å²) in [6, 6.07) is 0. The first kappa shape index (κ1) is 15.7. The largest absolute Gasteiger partial charge is 2.00 e. The second-order valence-corrected chi connectivity index (χ2v) is 0.577. The average molecular weight is 337 g/mol. The predicted molar refractivity (Wildman–Crippen MR) is 26.5 cm³/mol. The third-order valence-electron chi connectivity index (χ3n) is 0. The molecule has 0 aromatic heterocycles. The molecule has 0 aliphatic carbocycles. The molecule has 2 radical (unpaired) electrons. The van der Waals surface area contributed by atoms with Gasteiger partial charge in [-0.2, -0.15) is 0 Å². The molecule has 0 fully saturated rings. The quantitative estimate of drug-likeness (QED) is 0.366. The number of rotatable bonds is 0. The van der Waals surface area contributed by atoms with Crippen LogP contribution in [0.4, 0.5) is 0 Å². The zero-order chi connectivity index (χ0) is 5.41. The van der Waals surface area contributed by atoms with Crippen LogP contribution >= 0.6 is 17.4 Å².